The highest BCUT2D eigenvalue weighted by atomic mass is 16.3. The number of anilines is 1. The van der Waals surface area contributed by atoms with Gasteiger partial charge >= 0.3 is 0 Å². The van der Waals surface area contributed by atoms with Crippen molar-refractivity contribution in [3.8, 4) is 0 Å². The van der Waals surface area contributed by atoms with Crippen LogP contribution < -0.4 is 10.2 Å². The number of carbonyl (C=O) groups is 1. The van der Waals surface area contributed by atoms with Crippen molar-refractivity contribution in [3.05, 3.63) is 29.8 Å². The van der Waals surface area contributed by atoms with E-state index in [2.05, 4.69) is 24.1 Å². The molecule has 0 bridgehead atoms. The molecule has 1 aromatic rings. The Hall–Kier alpha value is -1.55. The third kappa shape index (κ3) is 4.24. The van der Waals surface area contributed by atoms with Crippen molar-refractivity contribution in [2.45, 2.75) is 33.2 Å². The highest BCUT2D eigenvalue weighted by molar-refractivity contribution is 5.94. The highest BCUT2D eigenvalue weighted by Crippen LogP contribution is 2.15. The number of hydrogen-bond acceptors (Lipinski definition) is 3. The molecule has 0 aliphatic rings. The van der Waals surface area contributed by atoms with Crippen molar-refractivity contribution in [2.24, 2.45) is 0 Å². The summed E-state index contributed by atoms with van der Waals surface area (Å²) < 4.78 is 0. The third-order valence-corrected chi connectivity index (χ3v) is 3.31. The number of benzene rings is 1. The van der Waals surface area contributed by atoms with Gasteiger partial charge in [0.1, 0.15) is 0 Å². The van der Waals surface area contributed by atoms with Gasteiger partial charge in [-0.2, -0.15) is 0 Å². The molecular weight excluding hydrogens is 240 g/mol. The standard InChI is InChI=1S/C15H24N2O2/c1-4-13(11-18)16-15(19)12-7-9-14(10-8-12)17(5-2)6-3/h7-10,13,18H,4-6,11H2,1-3H3,(H,16,19). The molecule has 19 heavy (non-hydrogen) atoms. The predicted molar refractivity (Wildman–Crippen MR) is 78.6 cm³/mol. The summed E-state index contributed by atoms with van der Waals surface area (Å²) in [5, 5.41) is 11.9. The van der Waals surface area contributed by atoms with Crippen molar-refractivity contribution < 1.29 is 9.90 Å². The average Bonchev–Trinajstić information content (AvgIpc) is 2.46. The molecule has 4 nitrogen and oxygen atoms in total. The number of aliphatic hydroxyl groups excluding tert-OH is 1. The fraction of sp³-hybridized carbons (Fsp3) is 0.533. The lowest BCUT2D eigenvalue weighted by atomic mass is 10.1. The molecule has 4 heteroatoms. The number of aliphatic hydroxyl groups is 1. The maximum atomic E-state index is 12.0. The number of nitrogens with zero attached hydrogens (tertiary/aromatic N) is 1. The first kappa shape index (κ1) is 15.5. The van der Waals surface area contributed by atoms with Gasteiger partial charge in [0, 0.05) is 24.3 Å². The smallest absolute Gasteiger partial charge is 0.251 e. The highest BCUT2D eigenvalue weighted by Gasteiger charge is 2.11. The number of carbonyl (C=O) groups excluding carboxylic acids is 1. The fourth-order valence-corrected chi connectivity index (χ4v) is 1.96. The lowest BCUT2D eigenvalue weighted by Gasteiger charge is -2.21. The molecule has 0 aromatic heterocycles. The van der Waals surface area contributed by atoms with Crippen molar-refractivity contribution in [3.63, 3.8) is 0 Å². The summed E-state index contributed by atoms with van der Waals surface area (Å²) in [5.41, 5.74) is 1.75. The second-order valence-electron chi connectivity index (χ2n) is 4.48. The number of nitrogens with one attached hydrogen (secondary N) is 1. The van der Waals surface area contributed by atoms with E-state index in [0.29, 0.717) is 5.56 Å². The van der Waals surface area contributed by atoms with E-state index < -0.39 is 0 Å². The summed E-state index contributed by atoms with van der Waals surface area (Å²) >= 11 is 0. The maximum Gasteiger partial charge on any atom is 0.251 e. The molecule has 0 radical (unpaired) electrons. The Morgan fingerprint density at radius 1 is 1.21 bits per heavy atom. The molecule has 0 heterocycles. The van der Waals surface area contributed by atoms with Gasteiger partial charge in [0.2, 0.25) is 0 Å². The number of rotatable bonds is 7. The summed E-state index contributed by atoms with van der Waals surface area (Å²) in [5.74, 6) is -0.132. The fourth-order valence-electron chi connectivity index (χ4n) is 1.96. The second-order valence-corrected chi connectivity index (χ2v) is 4.48. The van der Waals surface area contributed by atoms with Gasteiger partial charge in [-0.05, 0) is 44.5 Å². The largest absolute Gasteiger partial charge is 0.394 e. The van der Waals surface area contributed by atoms with Crippen molar-refractivity contribution in [1.29, 1.82) is 0 Å². The molecule has 1 atom stereocenters. The average molecular weight is 264 g/mol. The van der Waals surface area contributed by atoms with E-state index in [1.54, 1.807) is 0 Å². The molecule has 1 rings (SSSR count). The predicted octanol–water partition coefficient (Wildman–Crippen LogP) is 2.03. The molecule has 0 saturated heterocycles. The van der Waals surface area contributed by atoms with Gasteiger partial charge in [0.05, 0.1) is 12.6 Å². The minimum atomic E-state index is -0.171. The molecule has 0 aliphatic carbocycles. The van der Waals surface area contributed by atoms with Gasteiger partial charge in [-0.3, -0.25) is 4.79 Å². The Labute approximate surface area is 115 Å². The van der Waals surface area contributed by atoms with Crippen LogP contribution in [0.4, 0.5) is 5.69 Å². The second kappa shape index (κ2) is 7.79. The van der Waals surface area contributed by atoms with E-state index in [4.69, 9.17) is 5.11 Å². The molecule has 1 amide bonds. The summed E-state index contributed by atoms with van der Waals surface area (Å²) in [7, 11) is 0. The van der Waals surface area contributed by atoms with E-state index in [-0.39, 0.29) is 18.6 Å². The molecule has 0 aliphatic heterocycles. The Bertz CT molecular complexity index is 382. The van der Waals surface area contributed by atoms with Crippen LogP contribution in [0.25, 0.3) is 0 Å². The molecule has 2 N–H and O–H groups in total. The summed E-state index contributed by atoms with van der Waals surface area (Å²) in [6.07, 6.45) is 0.722. The van der Waals surface area contributed by atoms with E-state index in [0.717, 1.165) is 25.2 Å². The Morgan fingerprint density at radius 2 is 1.79 bits per heavy atom. The molecular formula is C15H24N2O2. The van der Waals surface area contributed by atoms with Crippen LogP contribution in [0, 0.1) is 0 Å². The summed E-state index contributed by atoms with van der Waals surface area (Å²) in [4.78, 5) is 14.2. The Morgan fingerprint density at radius 3 is 2.21 bits per heavy atom. The van der Waals surface area contributed by atoms with Crippen LogP contribution in [0.3, 0.4) is 0 Å². The first-order chi connectivity index (χ1) is 9.15. The molecule has 0 fully saturated rings. The van der Waals surface area contributed by atoms with Crippen LogP contribution in [0.5, 0.6) is 0 Å². The first-order valence-electron chi connectivity index (χ1n) is 6.92. The summed E-state index contributed by atoms with van der Waals surface area (Å²) in [6, 6.07) is 7.40. The first-order valence-corrected chi connectivity index (χ1v) is 6.92. The monoisotopic (exact) mass is 264 g/mol. The topological polar surface area (TPSA) is 52.6 Å². The van der Waals surface area contributed by atoms with Crippen molar-refractivity contribution >= 4 is 11.6 Å². The quantitative estimate of drug-likeness (QED) is 0.792. The molecule has 1 aromatic carbocycles. The zero-order valence-electron chi connectivity index (χ0n) is 12.0. The minimum Gasteiger partial charge on any atom is -0.394 e. The Kier molecular flexibility index (Phi) is 6.36. The van der Waals surface area contributed by atoms with E-state index in [1.807, 2.05) is 31.2 Å². The van der Waals surface area contributed by atoms with Crippen molar-refractivity contribution in [1.82, 2.24) is 5.32 Å². The van der Waals surface area contributed by atoms with Gasteiger partial charge in [-0.25, -0.2) is 0 Å². The van der Waals surface area contributed by atoms with Crippen LogP contribution in [0.1, 0.15) is 37.6 Å². The minimum absolute atomic E-state index is 0.0280. The summed E-state index contributed by atoms with van der Waals surface area (Å²) in [6.45, 7) is 8.02. The number of amides is 1. The normalized spacial score (nSPS) is 12.0. The lowest BCUT2D eigenvalue weighted by Crippen LogP contribution is -2.36. The van der Waals surface area contributed by atoms with Gasteiger partial charge in [-0.15, -0.1) is 0 Å². The SMILES string of the molecule is CCC(CO)NC(=O)c1ccc(N(CC)CC)cc1. The third-order valence-electron chi connectivity index (χ3n) is 3.31. The van der Waals surface area contributed by atoms with Gasteiger partial charge < -0.3 is 15.3 Å². The van der Waals surface area contributed by atoms with E-state index in [1.165, 1.54) is 0 Å². The van der Waals surface area contributed by atoms with Crippen LogP contribution >= 0.6 is 0 Å². The zero-order valence-corrected chi connectivity index (χ0v) is 12.0. The zero-order chi connectivity index (χ0) is 14.3. The van der Waals surface area contributed by atoms with E-state index in [9.17, 15) is 4.79 Å². The van der Waals surface area contributed by atoms with Crippen LogP contribution in [0.15, 0.2) is 24.3 Å². The molecule has 1 unspecified atom stereocenters. The van der Waals surface area contributed by atoms with Gasteiger partial charge in [0.25, 0.3) is 5.91 Å². The number of hydrogen-bond donors (Lipinski definition) is 2. The van der Waals surface area contributed by atoms with Crippen LogP contribution in [-0.4, -0.2) is 36.8 Å². The molecule has 106 valence electrons. The van der Waals surface area contributed by atoms with Gasteiger partial charge in [0.15, 0.2) is 0 Å². The lowest BCUT2D eigenvalue weighted by molar-refractivity contribution is 0.0915. The van der Waals surface area contributed by atoms with Crippen LogP contribution in [-0.2, 0) is 0 Å². The molecule has 0 saturated carbocycles. The maximum absolute atomic E-state index is 12.0. The van der Waals surface area contributed by atoms with E-state index >= 15 is 0 Å². The Balaban J connectivity index is 2.72. The van der Waals surface area contributed by atoms with Crippen molar-refractivity contribution in [2.75, 3.05) is 24.6 Å². The van der Waals surface area contributed by atoms with Crippen LogP contribution in [0.2, 0.25) is 0 Å². The van der Waals surface area contributed by atoms with Gasteiger partial charge in [-0.1, -0.05) is 6.92 Å². The molecule has 0 spiro atoms.